The van der Waals surface area contributed by atoms with Crippen LogP contribution in [0.25, 0.3) is 11.4 Å². The lowest BCUT2D eigenvalue weighted by Crippen LogP contribution is -2.17. The van der Waals surface area contributed by atoms with Gasteiger partial charge in [0, 0.05) is 12.0 Å². The lowest BCUT2D eigenvalue weighted by Gasteiger charge is -2.28. The molecular weight excluding hydrogens is 320 g/mol. The highest BCUT2D eigenvalue weighted by Gasteiger charge is 2.24. The van der Waals surface area contributed by atoms with E-state index in [-0.39, 0.29) is 10.8 Å². The lowest BCUT2D eigenvalue weighted by molar-refractivity contribution is 0.335. The van der Waals surface area contributed by atoms with Crippen LogP contribution in [0.3, 0.4) is 0 Å². The molecule has 0 amide bonds. The smallest absolute Gasteiger partial charge is 0.226 e. The molecule has 3 rings (SSSR count). The van der Waals surface area contributed by atoms with Gasteiger partial charge in [-0.2, -0.15) is 4.98 Å². The van der Waals surface area contributed by atoms with Crippen LogP contribution < -0.4 is 0 Å². The molecule has 0 bridgehead atoms. The van der Waals surface area contributed by atoms with Crippen molar-refractivity contribution in [1.29, 1.82) is 0 Å². The van der Waals surface area contributed by atoms with Crippen LogP contribution in [0.2, 0.25) is 0 Å². The second-order valence-electron chi connectivity index (χ2n) is 8.89. The van der Waals surface area contributed by atoms with Gasteiger partial charge in [-0.1, -0.05) is 81.8 Å². The number of allylic oxidation sites excluding steroid dienone is 4. The van der Waals surface area contributed by atoms with Gasteiger partial charge in [-0.3, -0.25) is 0 Å². The van der Waals surface area contributed by atoms with E-state index in [1.807, 2.05) is 6.07 Å². The molecule has 0 aliphatic heterocycles. The predicted molar refractivity (Wildman–Crippen MR) is 107 cm³/mol. The van der Waals surface area contributed by atoms with Crippen LogP contribution in [0.1, 0.15) is 65.3 Å². The van der Waals surface area contributed by atoms with E-state index >= 15 is 0 Å². The van der Waals surface area contributed by atoms with E-state index in [0.717, 1.165) is 37.1 Å². The Hall–Kier alpha value is -2.16. The normalized spacial score (nSPS) is 15.2. The van der Waals surface area contributed by atoms with Gasteiger partial charge in [0.05, 0.1) is 0 Å². The second kappa shape index (κ2) is 7.22. The maximum absolute atomic E-state index is 5.53. The Morgan fingerprint density at radius 3 is 2.62 bits per heavy atom. The van der Waals surface area contributed by atoms with Gasteiger partial charge in [0.2, 0.25) is 11.7 Å². The maximum atomic E-state index is 5.53. The molecule has 0 fully saturated rings. The number of hydrogen-bond donors (Lipinski definition) is 0. The highest BCUT2D eigenvalue weighted by molar-refractivity contribution is 5.56. The van der Waals surface area contributed by atoms with Gasteiger partial charge in [-0.25, -0.2) is 0 Å². The summed E-state index contributed by atoms with van der Waals surface area (Å²) in [5, 5.41) is 4.21. The van der Waals surface area contributed by atoms with E-state index in [0.29, 0.717) is 5.82 Å². The van der Waals surface area contributed by atoms with Gasteiger partial charge in [-0.05, 0) is 41.7 Å². The Morgan fingerprint density at radius 1 is 1.12 bits per heavy atom. The van der Waals surface area contributed by atoms with Crippen molar-refractivity contribution in [2.45, 2.75) is 65.7 Å². The zero-order valence-corrected chi connectivity index (χ0v) is 16.7. The van der Waals surface area contributed by atoms with E-state index in [4.69, 9.17) is 4.52 Å². The van der Waals surface area contributed by atoms with Gasteiger partial charge in [0.1, 0.15) is 0 Å². The van der Waals surface area contributed by atoms with Crippen molar-refractivity contribution in [3.8, 4) is 11.4 Å². The molecule has 2 aromatic rings. The minimum absolute atomic E-state index is 0.106. The fourth-order valence-corrected chi connectivity index (χ4v) is 3.35. The molecule has 1 aliphatic rings. The summed E-state index contributed by atoms with van der Waals surface area (Å²) in [4.78, 5) is 4.64. The van der Waals surface area contributed by atoms with Gasteiger partial charge in [0.15, 0.2) is 0 Å². The summed E-state index contributed by atoms with van der Waals surface area (Å²) in [5.41, 5.74) is 4.07. The molecule has 3 nitrogen and oxygen atoms in total. The third-order valence-electron chi connectivity index (χ3n) is 5.30. The molecule has 3 heteroatoms. The summed E-state index contributed by atoms with van der Waals surface area (Å²) in [7, 11) is 0. The first-order valence-electron chi connectivity index (χ1n) is 9.55. The topological polar surface area (TPSA) is 38.9 Å². The summed E-state index contributed by atoms with van der Waals surface area (Å²) in [5.74, 6) is 1.41. The quantitative estimate of drug-likeness (QED) is 0.638. The fraction of sp³-hybridized carbons (Fsp3) is 0.478. The molecule has 0 saturated heterocycles. The molecule has 1 aromatic heterocycles. The van der Waals surface area contributed by atoms with Gasteiger partial charge >= 0.3 is 0 Å². The average Bonchev–Trinajstić information content (AvgIpc) is 3.09. The van der Waals surface area contributed by atoms with Crippen LogP contribution in [-0.2, 0) is 11.8 Å². The number of aryl methyl sites for hydroxylation is 1. The Kier molecular flexibility index (Phi) is 5.17. The first kappa shape index (κ1) is 18.6. The second-order valence-corrected chi connectivity index (χ2v) is 8.89. The Balaban J connectivity index is 1.71. The van der Waals surface area contributed by atoms with Gasteiger partial charge < -0.3 is 4.52 Å². The van der Waals surface area contributed by atoms with E-state index in [1.165, 1.54) is 11.1 Å². The number of rotatable bonds is 5. The number of aromatic nitrogens is 2. The molecule has 0 radical (unpaired) electrons. The Labute approximate surface area is 157 Å². The summed E-state index contributed by atoms with van der Waals surface area (Å²) < 4.78 is 5.53. The molecule has 0 spiro atoms. The molecule has 0 unspecified atom stereocenters. The highest BCUT2D eigenvalue weighted by atomic mass is 16.5. The van der Waals surface area contributed by atoms with Crippen molar-refractivity contribution in [2.24, 2.45) is 5.41 Å². The van der Waals surface area contributed by atoms with Crippen molar-refractivity contribution in [2.75, 3.05) is 0 Å². The Bertz CT molecular complexity index is 819. The highest BCUT2D eigenvalue weighted by Crippen LogP contribution is 2.36. The van der Waals surface area contributed by atoms with Gasteiger partial charge in [-0.15, -0.1) is 0 Å². The van der Waals surface area contributed by atoms with E-state index < -0.39 is 0 Å². The van der Waals surface area contributed by atoms with Crippen LogP contribution in [0.5, 0.6) is 0 Å². The largest absolute Gasteiger partial charge is 0.339 e. The number of nitrogens with zero attached hydrogens (tertiary/aromatic N) is 2. The summed E-state index contributed by atoms with van der Waals surface area (Å²) in [6.07, 6.45) is 10.8. The first-order chi connectivity index (χ1) is 12.3. The minimum atomic E-state index is 0.106. The van der Waals surface area contributed by atoms with Crippen LogP contribution in [0.15, 0.2) is 52.6 Å². The van der Waals surface area contributed by atoms with Crippen molar-refractivity contribution in [3.63, 3.8) is 0 Å². The summed E-state index contributed by atoms with van der Waals surface area (Å²) >= 11 is 0. The van der Waals surface area contributed by atoms with Crippen molar-refractivity contribution < 1.29 is 4.52 Å². The van der Waals surface area contributed by atoms with E-state index in [1.54, 1.807) is 0 Å². The molecular formula is C23H30N2O. The van der Waals surface area contributed by atoms with Crippen LogP contribution >= 0.6 is 0 Å². The lowest BCUT2D eigenvalue weighted by atomic mass is 9.77. The van der Waals surface area contributed by atoms with E-state index in [2.05, 4.69) is 81.2 Å². The molecule has 0 saturated carbocycles. The molecule has 0 N–H and O–H groups in total. The third kappa shape index (κ3) is 4.32. The predicted octanol–water partition coefficient (Wildman–Crippen LogP) is 6.27. The zero-order chi connectivity index (χ0) is 18.8. The SMILES string of the molecule is CC(C)(CCc1nc(-c2cccc(C(C)(C)C)c2)no1)C1=CC=CCC1. The van der Waals surface area contributed by atoms with E-state index in [9.17, 15) is 0 Å². The maximum Gasteiger partial charge on any atom is 0.226 e. The monoisotopic (exact) mass is 350 g/mol. The van der Waals surface area contributed by atoms with Crippen LogP contribution in [0.4, 0.5) is 0 Å². The Morgan fingerprint density at radius 2 is 1.92 bits per heavy atom. The molecule has 1 aliphatic carbocycles. The molecule has 26 heavy (non-hydrogen) atoms. The van der Waals surface area contributed by atoms with Crippen LogP contribution in [0, 0.1) is 5.41 Å². The molecule has 1 aromatic carbocycles. The van der Waals surface area contributed by atoms with Crippen molar-refractivity contribution in [1.82, 2.24) is 10.1 Å². The summed E-state index contributed by atoms with van der Waals surface area (Å²) in [6.45, 7) is 11.3. The minimum Gasteiger partial charge on any atom is -0.339 e. The first-order valence-corrected chi connectivity index (χ1v) is 9.55. The fourth-order valence-electron chi connectivity index (χ4n) is 3.35. The standard InChI is InChI=1S/C23H30N2O/c1-22(2,3)19-13-9-10-17(16-19)21-24-20(26-25-21)14-15-23(4,5)18-11-7-6-8-12-18/h6-7,9-11,13,16H,8,12,14-15H2,1-5H3. The summed E-state index contributed by atoms with van der Waals surface area (Å²) in [6, 6.07) is 8.43. The zero-order valence-electron chi connectivity index (χ0n) is 16.7. The van der Waals surface area contributed by atoms with Crippen molar-refractivity contribution in [3.05, 3.63) is 59.5 Å². The average molecular weight is 351 g/mol. The molecule has 0 atom stereocenters. The number of benzene rings is 1. The molecule has 1 heterocycles. The molecule has 138 valence electrons. The van der Waals surface area contributed by atoms with Crippen LogP contribution in [-0.4, -0.2) is 10.1 Å². The van der Waals surface area contributed by atoms with Gasteiger partial charge in [0.25, 0.3) is 0 Å². The third-order valence-corrected chi connectivity index (χ3v) is 5.30. The number of hydrogen-bond acceptors (Lipinski definition) is 3. The van der Waals surface area contributed by atoms with Crippen molar-refractivity contribution >= 4 is 0 Å².